The van der Waals surface area contributed by atoms with E-state index in [2.05, 4.69) is 4.74 Å². The number of carbonyl (C=O) groups excluding carboxylic acids is 2. The molecule has 0 spiro atoms. The number of hydrogen-bond donors (Lipinski definition) is 1. The fraction of sp³-hybridized carbons (Fsp3) is 0.800. The van der Waals surface area contributed by atoms with Crippen LogP contribution < -0.4 is 0 Å². The average Bonchev–Trinajstić information content (AvgIpc) is 2.26. The number of aliphatic hydroxyl groups is 1. The second-order valence-electron chi connectivity index (χ2n) is 3.98. The zero-order valence-electron chi connectivity index (χ0n) is 8.58. The number of ether oxygens (including phenoxy) is 1. The highest BCUT2D eigenvalue weighted by atomic mass is 16.5. The van der Waals surface area contributed by atoms with Crippen LogP contribution in [0.15, 0.2) is 0 Å². The molecule has 4 heteroatoms. The second-order valence-corrected chi connectivity index (χ2v) is 3.98. The first kappa shape index (κ1) is 11.2. The van der Waals surface area contributed by atoms with Gasteiger partial charge in [0.25, 0.3) is 0 Å². The van der Waals surface area contributed by atoms with Crippen LogP contribution in [0, 0.1) is 5.92 Å². The van der Waals surface area contributed by atoms with Crippen molar-refractivity contribution in [2.75, 3.05) is 7.11 Å². The monoisotopic (exact) mass is 200 g/mol. The van der Waals surface area contributed by atoms with E-state index in [9.17, 15) is 14.7 Å². The van der Waals surface area contributed by atoms with Gasteiger partial charge in [-0.2, -0.15) is 0 Å². The highest BCUT2D eigenvalue weighted by Crippen LogP contribution is 2.28. The predicted molar refractivity (Wildman–Crippen MR) is 49.6 cm³/mol. The highest BCUT2D eigenvalue weighted by Gasteiger charge is 2.45. The van der Waals surface area contributed by atoms with Crippen LogP contribution in [-0.4, -0.2) is 29.6 Å². The van der Waals surface area contributed by atoms with Crippen LogP contribution in [0.3, 0.4) is 0 Å². The lowest BCUT2D eigenvalue weighted by molar-refractivity contribution is -0.168. The van der Waals surface area contributed by atoms with Gasteiger partial charge in [0.1, 0.15) is 0 Å². The van der Waals surface area contributed by atoms with Crippen molar-refractivity contribution in [3.8, 4) is 0 Å². The Hall–Kier alpha value is -0.900. The van der Waals surface area contributed by atoms with E-state index in [-0.39, 0.29) is 18.8 Å². The normalized spacial score (nSPS) is 33.6. The third-order valence-electron chi connectivity index (χ3n) is 2.75. The molecule has 0 amide bonds. The van der Waals surface area contributed by atoms with Gasteiger partial charge in [0.05, 0.1) is 7.11 Å². The molecule has 0 aromatic heterocycles. The van der Waals surface area contributed by atoms with Crippen molar-refractivity contribution in [1.29, 1.82) is 0 Å². The maximum absolute atomic E-state index is 11.6. The van der Waals surface area contributed by atoms with E-state index in [1.54, 1.807) is 0 Å². The van der Waals surface area contributed by atoms with Crippen LogP contribution >= 0.6 is 0 Å². The third kappa shape index (κ3) is 1.95. The molecular formula is C10H16O4. The molecule has 1 N–H and O–H groups in total. The number of methoxy groups -OCH3 is 1. The zero-order valence-corrected chi connectivity index (χ0v) is 8.58. The van der Waals surface area contributed by atoms with Crippen molar-refractivity contribution in [3.63, 3.8) is 0 Å². The number of rotatable bonds is 1. The Bertz CT molecular complexity index is 249. The molecule has 0 saturated heterocycles. The largest absolute Gasteiger partial charge is 0.467 e. The van der Waals surface area contributed by atoms with Gasteiger partial charge in [-0.05, 0) is 18.8 Å². The number of esters is 1. The Morgan fingerprint density at radius 2 is 2.29 bits per heavy atom. The molecule has 0 aromatic carbocycles. The number of Topliss-reactive ketones (excluding diaryl/α,β-unsaturated/α-hetero) is 1. The van der Waals surface area contributed by atoms with Gasteiger partial charge in [0.15, 0.2) is 5.78 Å². The topological polar surface area (TPSA) is 63.6 Å². The van der Waals surface area contributed by atoms with Crippen LogP contribution in [0.1, 0.15) is 32.6 Å². The summed E-state index contributed by atoms with van der Waals surface area (Å²) >= 11 is 0. The lowest BCUT2D eigenvalue weighted by atomic mass is 9.92. The van der Waals surface area contributed by atoms with Crippen molar-refractivity contribution >= 4 is 11.8 Å². The minimum absolute atomic E-state index is 0.183. The Balaban J connectivity index is 2.85. The summed E-state index contributed by atoms with van der Waals surface area (Å²) in [7, 11) is 1.18. The Morgan fingerprint density at radius 3 is 2.86 bits per heavy atom. The summed E-state index contributed by atoms with van der Waals surface area (Å²) in [5, 5.41) is 9.88. The average molecular weight is 200 g/mol. The van der Waals surface area contributed by atoms with Gasteiger partial charge in [0, 0.05) is 6.42 Å². The van der Waals surface area contributed by atoms with Crippen molar-refractivity contribution in [1.82, 2.24) is 0 Å². The first-order chi connectivity index (χ1) is 6.50. The molecule has 2 atom stereocenters. The van der Waals surface area contributed by atoms with E-state index in [0.717, 1.165) is 6.42 Å². The smallest absolute Gasteiger partial charge is 0.345 e. The number of carbonyl (C=O) groups is 2. The van der Waals surface area contributed by atoms with E-state index >= 15 is 0 Å². The molecule has 1 aliphatic rings. The lowest BCUT2D eigenvalue weighted by Crippen LogP contribution is -2.46. The molecule has 14 heavy (non-hydrogen) atoms. The van der Waals surface area contributed by atoms with Crippen LogP contribution in [0.5, 0.6) is 0 Å². The predicted octanol–water partition coefficient (Wildman–Crippen LogP) is 0.670. The summed E-state index contributed by atoms with van der Waals surface area (Å²) in [6.07, 6.45) is 1.98. The van der Waals surface area contributed by atoms with Crippen LogP contribution in [0.25, 0.3) is 0 Å². The second kappa shape index (κ2) is 4.09. The van der Waals surface area contributed by atoms with Gasteiger partial charge < -0.3 is 9.84 Å². The van der Waals surface area contributed by atoms with E-state index < -0.39 is 17.4 Å². The minimum Gasteiger partial charge on any atom is -0.467 e. The van der Waals surface area contributed by atoms with Gasteiger partial charge >= 0.3 is 5.97 Å². The Labute approximate surface area is 83.2 Å². The summed E-state index contributed by atoms with van der Waals surface area (Å²) in [5.74, 6) is -0.993. The molecule has 80 valence electrons. The van der Waals surface area contributed by atoms with Crippen LogP contribution in [0.2, 0.25) is 0 Å². The molecule has 0 aliphatic heterocycles. The highest BCUT2D eigenvalue weighted by molar-refractivity contribution is 6.07. The summed E-state index contributed by atoms with van der Waals surface area (Å²) in [4.78, 5) is 22.9. The maximum Gasteiger partial charge on any atom is 0.345 e. The molecule has 0 radical (unpaired) electrons. The van der Waals surface area contributed by atoms with Gasteiger partial charge in [-0.3, -0.25) is 4.79 Å². The maximum atomic E-state index is 11.6. The lowest BCUT2D eigenvalue weighted by Gasteiger charge is -2.21. The summed E-state index contributed by atoms with van der Waals surface area (Å²) < 4.78 is 4.44. The molecule has 2 unspecified atom stereocenters. The molecule has 4 nitrogen and oxygen atoms in total. The molecule has 1 rings (SSSR count). The van der Waals surface area contributed by atoms with Gasteiger partial charge in [-0.25, -0.2) is 4.79 Å². The van der Waals surface area contributed by atoms with Crippen molar-refractivity contribution in [3.05, 3.63) is 0 Å². The molecule has 1 saturated carbocycles. The fourth-order valence-corrected chi connectivity index (χ4v) is 1.82. The summed E-state index contributed by atoms with van der Waals surface area (Å²) in [6, 6.07) is 0. The van der Waals surface area contributed by atoms with Crippen molar-refractivity contribution in [2.45, 2.75) is 38.2 Å². The number of hydrogen-bond acceptors (Lipinski definition) is 4. The Kier molecular flexibility index (Phi) is 3.26. The van der Waals surface area contributed by atoms with Crippen LogP contribution in [-0.2, 0) is 14.3 Å². The van der Waals surface area contributed by atoms with Gasteiger partial charge in [0.2, 0.25) is 5.60 Å². The summed E-state index contributed by atoms with van der Waals surface area (Å²) in [6.45, 7) is 1.95. The molecule has 1 fully saturated rings. The van der Waals surface area contributed by atoms with Crippen molar-refractivity contribution in [2.24, 2.45) is 5.92 Å². The first-order valence-electron chi connectivity index (χ1n) is 4.85. The SMILES string of the molecule is COC(=O)C1(O)CCCC(C)CC1=O. The molecule has 0 bridgehead atoms. The molecule has 0 heterocycles. The standard InChI is InChI=1S/C10H16O4/c1-7-4-3-5-10(13,8(11)6-7)9(12)14-2/h7,13H,3-6H2,1-2H3. The number of ketones is 1. The first-order valence-corrected chi connectivity index (χ1v) is 4.85. The minimum atomic E-state index is -1.89. The van der Waals surface area contributed by atoms with Crippen LogP contribution in [0.4, 0.5) is 0 Å². The fourth-order valence-electron chi connectivity index (χ4n) is 1.82. The molecule has 0 aromatic rings. The molecular weight excluding hydrogens is 184 g/mol. The van der Waals surface area contributed by atoms with Crippen molar-refractivity contribution < 1.29 is 19.4 Å². The van der Waals surface area contributed by atoms with Gasteiger partial charge in [-0.15, -0.1) is 0 Å². The van der Waals surface area contributed by atoms with E-state index in [4.69, 9.17) is 0 Å². The van der Waals surface area contributed by atoms with E-state index in [0.29, 0.717) is 6.42 Å². The Morgan fingerprint density at radius 1 is 1.64 bits per heavy atom. The molecule has 1 aliphatic carbocycles. The third-order valence-corrected chi connectivity index (χ3v) is 2.75. The quantitative estimate of drug-likeness (QED) is 0.384. The van der Waals surface area contributed by atoms with E-state index in [1.165, 1.54) is 7.11 Å². The zero-order chi connectivity index (χ0) is 10.8. The van der Waals surface area contributed by atoms with Gasteiger partial charge in [-0.1, -0.05) is 13.3 Å². The van der Waals surface area contributed by atoms with E-state index in [1.807, 2.05) is 6.92 Å². The summed E-state index contributed by atoms with van der Waals surface area (Å²) in [5.41, 5.74) is -1.89.